The second-order valence-corrected chi connectivity index (χ2v) is 13.3. The topological polar surface area (TPSA) is 66.7 Å². The highest BCUT2D eigenvalue weighted by atomic mass is 32.2. The van der Waals surface area contributed by atoms with E-state index in [0.29, 0.717) is 10.8 Å². The smallest absolute Gasteiger partial charge is 0.175 e. The third kappa shape index (κ3) is 4.61. The summed E-state index contributed by atoms with van der Waals surface area (Å²) in [6.45, 7) is 5.71. The van der Waals surface area contributed by atoms with Crippen LogP contribution in [0.4, 0.5) is 0 Å². The Morgan fingerprint density at radius 3 is 2.42 bits per heavy atom. The molecule has 1 saturated carbocycles. The van der Waals surface area contributed by atoms with Crippen LogP contribution >= 0.6 is 0 Å². The normalized spacial score (nSPS) is 24.7. The number of rotatable bonds is 5. The first-order chi connectivity index (χ1) is 17.4. The molecule has 2 aromatic heterocycles. The van der Waals surface area contributed by atoms with Gasteiger partial charge in [0.2, 0.25) is 0 Å². The van der Waals surface area contributed by atoms with Gasteiger partial charge < -0.3 is 9.72 Å². The molecule has 2 saturated heterocycles. The molecule has 0 bridgehead atoms. The first kappa shape index (κ1) is 24.1. The Bertz CT molecular complexity index is 1340. The van der Waals surface area contributed by atoms with E-state index in [9.17, 15) is 8.42 Å². The van der Waals surface area contributed by atoms with Gasteiger partial charge in [-0.25, -0.2) is 13.4 Å². The number of pyridine rings is 1. The van der Waals surface area contributed by atoms with Gasteiger partial charge in [0.05, 0.1) is 10.6 Å². The first-order valence-corrected chi connectivity index (χ1v) is 15.5. The summed E-state index contributed by atoms with van der Waals surface area (Å²) < 4.78 is 25.8. The highest BCUT2D eigenvalue weighted by Gasteiger charge is 2.40. The minimum Gasteiger partial charge on any atom is -0.317 e. The predicted molar refractivity (Wildman–Crippen MR) is 144 cm³/mol. The second-order valence-electron chi connectivity index (χ2n) is 11.3. The summed E-state index contributed by atoms with van der Waals surface area (Å²) in [6, 6.07) is 10.9. The zero-order valence-corrected chi connectivity index (χ0v) is 22.3. The molecule has 6 rings (SSSR count). The lowest BCUT2D eigenvalue weighted by Crippen LogP contribution is -2.54. The van der Waals surface area contributed by atoms with Crippen LogP contribution in [0.25, 0.3) is 16.9 Å². The van der Waals surface area contributed by atoms with Crippen molar-refractivity contribution in [2.24, 2.45) is 5.92 Å². The number of fused-ring (bicyclic) bond motifs is 1. The van der Waals surface area contributed by atoms with Crippen molar-refractivity contribution in [2.45, 2.75) is 74.8 Å². The number of aryl methyl sites for hydroxylation is 1. The number of hydrogen-bond donors (Lipinski definition) is 1. The van der Waals surface area contributed by atoms with E-state index in [1.54, 1.807) is 12.1 Å². The van der Waals surface area contributed by atoms with Gasteiger partial charge in [0.25, 0.3) is 0 Å². The summed E-state index contributed by atoms with van der Waals surface area (Å²) in [5.74, 6) is 1.47. The molecule has 192 valence electrons. The molecule has 3 fully saturated rings. The Balaban J connectivity index is 1.26. The molecule has 0 radical (unpaired) electrons. The van der Waals surface area contributed by atoms with Crippen LogP contribution < -0.4 is 5.32 Å². The van der Waals surface area contributed by atoms with E-state index in [2.05, 4.69) is 40.0 Å². The Kier molecular flexibility index (Phi) is 6.42. The molecule has 1 N–H and O–H groups in total. The van der Waals surface area contributed by atoms with Gasteiger partial charge >= 0.3 is 0 Å². The maximum atomic E-state index is 11.8. The molecule has 2 atom stereocenters. The van der Waals surface area contributed by atoms with Gasteiger partial charge in [-0.1, -0.05) is 24.6 Å². The number of nitrogens with zero attached hydrogens (tertiary/aromatic N) is 3. The van der Waals surface area contributed by atoms with Crippen LogP contribution in [0.1, 0.15) is 62.0 Å². The summed E-state index contributed by atoms with van der Waals surface area (Å²) in [5, 5.41) is 3.54. The van der Waals surface area contributed by atoms with Crippen molar-refractivity contribution in [1.29, 1.82) is 0 Å². The number of nitrogens with one attached hydrogen (secondary N) is 1. The summed E-state index contributed by atoms with van der Waals surface area (Å²) in [7, 11) is -3.20. The van der Waals surface area contributed by atoms with Gasteiger partial charge in [0.1, 0.15) is 5.65 Å². The van der Waals surface area contributed by atoms with Gasteiger partial charge in [-0.3, -0.25) is 4.90 Å². The van der Waals surface area contributed by atoms with E-state index in [4.69, 9.17) is 4.98 Å². The Morgan fingerprint density at radius 2 is 1.75 bits per heavy atom. The van der Waals surface area contributed by atoms with Crippen LogP contribution in [0.3, 0.4) is 0 Å². The van der Waals surface area contributed by atoms with Crippen LogP contribution in [0.2, 0.25) is 0 Å². The van der Waals surface area contributed by atoms with Crippen molar-refractivity contribution in [3.05, 3.63) is 53.9 Å². The minimum absolute atomic E-state index is 0.338. The van der Waals surface area contributed by atoms with Crippen LogP contribution in [0, 0.1) is 12.8 Å². The quantitative estimate of drug-likeness (QED) is 0.538. The van der Waals surface area contributed by atoms with Gasteiger partial charge in [0, 0.05) is 36.3 Å². The molecule has 0 spiro atoms. The fraction of sp³-hybridized carbons (Fsp3) is 0.552. The fourth-order valence-corrected chi connectivity index (χ4v) is 7.36. The van der Waals surface area contributed by atoms with Gasteiger partial charge in [0.15, 0.2) is 9.84 Å². The minimum atomic E-state index is -3.20. The van der Waals surface area contributed by atoms with E-state index in [-0.39, 0.29) is 0 Å². The predicted octanol–water partition coefficient (Wildman–Crippen LogP) is 4.81. The summed E-state index contributed by atoms with van der Waals surface area (Å²) in [6.07, 6.45) is 14.9. The lowest BCUT2D eigenvalue weighted by molar-refractivity contribution is 0.0114. The first-order valence-electron chi connectivity index (χ1n) is 13.6. The standard InChI is InChI=1S/C29H38N4O2S/c1-20-16-24(18-32-19-27(31-29(20)32)21-6-8-26(9-7-21)36(2,34)35)23-12-15-33(25-10-13-30-14-11-25)28(17-23)22-4-3-5-22/h6-9,16,18-19,22-23,25,28,30H,3-5,10-15,17H2,1-2H3/t23?,28-/m1/s1. The van der Waals surface area contributed by atoms with E-state index in [1.165, 1.54) is 68.9 Å². The Hall–Kier alpha value is -2.22. The average Bonchev–Trinajstić information content (AvgIpc) is 3.28. The van der Waals surface area contributed by atoms with Crippen molar-refractivity contribution >= 4 is 15.5 Å². The van der Waals surface area contributed by atoms with Crippen molar-refractivity contribution in [3.63, 3.8) is 0 Å². The number of aromatic nitrogens is 2. The molecule has 1 aliphatic carbocycles. The summed E-state index contributed by atoms with van der Waals surface area (Å²) in [4.78, 5) is 8.14. The zero-order valence-electron chi connectivity index (χ0n) is 21.5. The van der Waals surface area contributed by atoms with Crippen LogP contribution in [0.15, 0.2) is 47.6 Å². The van der Waals surface area contributed by atoms with E-state index in [1.807, 2.05) is 12.1 Å². The van der Waals surface area contributed by atoms with Gasteiger partial charge in [-0.2, -0.15) is 0 Å². The van der Waals surface area contributed by atoms with Crippen molar-refractivity contribution < 1.29 is 8.42 Å². The van der Waals surface area contributed by atoms with Crippen molar-refractivity contribution in [1.82, 2.24) is 19.6 Å². The number of piperidine rings is 2. The highest BCUT2D eigenvalue weighted by Crippen LogP contribution is 2.43. The number of sulfone groups is 1. The molecule has 1 aromatic carbocycles. The lowest BCUT2D eigenvalue weighted by Gasteiger charge is -2.50. The number of hydrogen-bond acceptors (Lipinski definition) is 5. The summed E-state index contributed by atoms with van der Waals surface area (Å²) in [5.41, 5.74) is 5.43. The number of likely N-dealkylation sites (tertiary alicyclic amines) is 1. The monoisotopic (exact) mass is 506 g/mol. The fourth-order valence-electron chi connectivity index (χ4n) is 6.73. The zero-order chi connectivity index (χ0) is 24.9. The second kappa shape index (κ2) is 9.58. The number of benzene rings is 1. The molecule has 2 aliphatic heterocycles. The molecule has 1 unspecified atom stereocenters. The van der Waals surface area contributed by atoms with Gasteiger partial charge in [-0.05, 0) is 100 Å². The molecule has 3 aliphatic rings. The largest absolute Gasteiger partial charge is 0.317 e. The molecule has 36 heavy (non-hydrogen) atoms. The van der Waals surface area contributed by atoms with Gasteiger partial charge in [-0.15, -0.1) is 0 Å². The molecule has 4 heterocycles. The molecule has 7 heteroatoms. The molecular formula is C29H38N4O2S. The molecule has 6 nitrogen and oxygen atoms in total. The highest BCUT2D eigenvalue weighted by molar-refractivity contribution is 7.90. The van der Waals surface area contributed by atoms with Crippen LogP contribution in [0.5, 0.6) is 0 Å². The average molecular weight is 507 g/mol. The lowest BCUT2D eigenvalue weighted by atomic mass is 9.72. The molecule has 0 amide bonds. The van der Waals surface area contributed by atoms with E-state index < -0.39 is 9.84 Å². The molecule has 3 aromatic rings. The Labute approximate surface area is 215 Å². The van der Waals surface area contributed by atoms with Crippen molar-refractivity contribution in [3.8, 4) is 11.3 Å². The maximum absolute atomic E-state index is 11.8. The SMILES string of the molecule is Cc1cc(C2CCN(C3CCNCC3)[C@@H](C3CCC3)C2)cn2cc(-c3ccc(S(C)(=O)=O)cc3)nc12. The van der Waals surface area contributed by atoms with E-state index >= 15 is 0 Å². The maximum Gasteiger partial charge on any atom is 0.175 e. The third-order valence-electron chi connectivity index (χ3n) is 8.97. The molecular weight excluding hydrogens is 468 g/mol. The van der Waals surface area contributed by atoms with Crippen molar-refractivity contribution in [2.75, 3.05) is 25.9 Å². The van der Waals surface area contributed by atoms with E-state index in [0.717, 1.165) is 48.0 Å². The van der Waals surface area contributed by atoms with Crippen LogP contribution in [-0.2, 0) is 9.84 Å². The van der Waals surface area contributed by atoms with Crippen LogP contribution in [-0.4, -0.2) is 60.7 Å². The number of imidazole rings is 1. The third-order valence-corrected chi connectivity index (χ3v) is 10.1. The Morgan fingerprint density at radius 1 is 1.00 bits per heavy atom. The summed E-state index contributed by atoms with van der Waals surface area (Å²) >= 11 is 0.